The van der Waals surface area contributed by atoms with Crippen LogP contribution in [0.1, 0.15) is 0 Å². The molecule has 2 aromatic carbocycles. The minimum Gasteiger partial charge on any atom is -0.508 e. The zero-order valence-electron chi connectivity index (χ0n) is 12.9. The number of rotatable bonds is 3. The van der Waals surface area contributed by atoms with Gasteiger partial charge in [-0.05, 0) is 18.2 Å². The zero-order valence-corrected chi connectivity index (χ0v) is 12.9. The van der Waals surface area contributed by atoms with Crippen molar-refractivity contribution < 1.29 is 29.2 Å². The third kappa shape index (κ3) is 2.36. The molecule has 0 spiro atoms. The van der Waals surface area contributed by atoms with Gasteiger partial charge in [-0.25, -0.2) is 0 Å². The molecular formula is C17H14O7. The minimum absolute atomic E-state index is 0.0188. The quantitative estimate of drug-likeness (QED) is 0.633. The van der Waals surface area contributed by atoms with Gasteiger partial charge in [-0.15, -0.1) is 0 Å². The van der Waals surface area contributed by atoms with E-state index in [2.05, 4.69) is 0 Å². The number of hydrogen-bond donors (Lipinski definition) is 3. The molecule has 7 nitrogen and oxygen atoms in total. The molecule has 0 aliphatic carbocycles. The third-order valence-corrected chi connectivity index (χ3v) is 3.58. The summed E-state index contributed by atoms with van der Waals surface area (Å²) in [6.45, 7) is 0. The van der Waals surface area contributed by atoms with Gasteiger partial charge in [0.15, 0.2) is 16.9 Å². The Hall–Kier alpha value is -3.35. The Morgan fingerprint density at radius 1 is 1.00 bits per heavy atom. The van der Waals surface area contributed by atoms with Crippen molar-refractivity contribution >= 4 is 11.0 Å². The van der Waals surface area contributed by atoms with Crippen LogP contribution in [0.15, 0.2) is 39.5 Å². The van der Waals surface area contributed by atoms with E-state index in [0.29, 0.717) is 0 Å². The molecule has 3 rings (SSSR count). The van der Waals surface area contributed by atoms with Gasteiger partial charge in [0.2, 0.25) is 5.75 Å². The van der Waals surface area contributed by atoms with Gasteiger partial charge < -0.3 is 29.2 Å². The molecule has 3 N–H and O–H groups in total. The fourth-order valence-corrected chi connectivity index (χ4v) is 2.46. The first-order chi connectivity index (χ1) is 11.5. The molecule has 24 heavy (non-hydrogen) atoms. The van der Waals surface area contributed by atoms with Crippen molar-refractivity contribution in [3.05, 3.63) is 40.6 Å². The second-order valence-electron chi connectivity index (χ2n) is 5.01. The standard InChI is InChI=1S/C17H14O7/c1-22-14-7-13-15(16(21)17(14)23-2)11(20)6-12(24-13)9-5-8(18)3-4-10(9)19/h3-7,18-19,21H,1-2H3. The first-order valence-electron chi connectivity index (χ1n) is 6.90. The molecule has 0 aliphatic rings. The molecule has 0 aliphatic heterocycles. The van der Waals surface area contributed by atoms with Crippen LogP contribution < -0.4 is 14.9 Å². The fourth-order valence-electron chi connectivity index (χ4n) is 2.46. The van der Waals surface area contributed by atoms with E-state index in [1.807, 2.05) is 0 Å². The van der Waals surface area contributed by atoms with Gasteiger partial charge in [0.25, 0.3) is 0 Å². The first kappa shape index (κ1) is 15.5. The van der Waals surface area contributed by atoms with E-state index in [1.165, 1.54) is 38.5 Å². The van der Waals surface area contributed by atoms with Crippen LogP contribution in [0.25, 0.3) is 22.3 Å². The molecular weight excluding hydrogens is 316 g/mol. The second-order valence-corrected chi connectivity index (χ2v) is 5.01. The van der Waals surface area contributed by atoms with Crippen LogP contribution in [0.2, 0.25) is 0 Å². The minimum atomic E-state index is -0.535. The number of phenolic OH excluding ortho intramolecular Hbond substituents is 3. The number of hydrogen-bond acceptors (Lipinski definition) is 7. The maximum atomic E-state index is 12.4. The van der Waals surface area contributed by atoms with Crippen LogP contribution >= 0.6 is 0 Å². The lowest BCUT2D eigenvalue weighted by Crippen LogP contribution is -2.03. The highest BCUT2D eigenvalue weighted by atomic mass is 16.5. The van der Waals surface area contributed by atoms with Crippen molar-refractivity contribution in [2.75, 3.05) is 14.2 Å². The predicted octanol–water partition coefficient (Wildman–Crippen LogP) is 2.59. The number of methoxy groups -OCH3 is 2. The molecule has 0 amide bonds. The molecule has 1 heterocycles. The first-order valence-corrected chi connectivity index (χ1v) is 6.90. The summed E-state index contributed by atoms with van der Waals surface area (Å²) in [7, 11) is 2.72. The highest BCUT2D eigenvalue weighted by molar-refractivity contribution is 5.89. The van der Waals surface area contributed by atoms with Gasteiger partial charge >= 0.3 is 0 Å². The highest BCUT2D eigenvalue weighted by Crippen LogP contribution is 2.42. The number of phenols is 3. The smallest absolute Gasteiger partial charge is 0.204 e. The molecule has 0 saturated heterocycles. The molecule has 0 atom stereocenters. The zero-order chi connectivity index (χ0) is 17.4. The summed E-state index contributed by atoms with van der Waals surface area (Å²) in [4.78, 5) is 12.4. The highest BCUT2D eigenvalue weighted by Gasteiger charge is 2.20. The van der Waals surface area contributed by atoms with E-state index in [1.54, 1.807) is 0 Å². The number of benzene rings is 2. The molecule has 7 heteroatoms. The Labute approximate surface area is 135 Å². The number of ether oxygens (including phenoxy) is 2. The van der Waals surface area contributed by atoms with Crippen molar-refractivity contribution in [3.8, 4) is 40.1 Å². The average Bonchev–Trinajstić information content (AvgIpc) is 2.56. The van der Waals surface area contributed by atoms with E-state index in [9.17, 15) is 20.1 Å². The van der Waals surface area contributed by atoms with Gasteiger partial charge in [-0.3, -0.25) is 4.79 Å². The van der Waals surface area contributed by atoms with E-state index < -0.39 is 11.2 Å². The van der Waals surface area contributed by atoms with Crippen molar-refractivity contribution in [3.63, 3.8) is 0 Å². The Kier molecular flexibility index (Phi) is 3.69. The summed E-state index contributed by atoms with van der Waals surface area (Å²) < 4.78 is 15.8. The van der Waals surface area contributed by atoms with Crippen molar-refractivity contribution in [1.82, 2.24) is 0 Å². The largest absolute Gasteiger partial charge is 0.508 e. The molecule has 0 bridgehead atoms. The maximum Gasteiger partial charge on any atom is 0.204 e. The maximum absolute atomic E-state index is 12.4. The van der Waals surface area contributed by atoms with Crippen LogP contribution in [0, 0.1) is 0 Å². The lowest BCUT2D eigenvalue weighted by atomic mass is 10.1. The third-order valence-electron chi connectivity index (χ3n) is 3.58. The van der Waals surface area contributed by atoms with Crippen molar-refractivity contribution in [2.45, 2.75) is 0 Å². The van der Waals surface area contributed by atoms with Crippen LogP contribution in [-0.4, -0.2) is 29.5 Å². The summed E-state index contributed by atoms with van der Waals surface area (Å²) in [6.07, 6.45) is 0. The fraction of sp³-hybridized carbons (Fsp3) is 0.118. The second kappa shape index (κ2) is 5.69. The average molecular weight is 330 g/mol. The van der Waals surface area contributed by atoms with Crippen LogP contribution in [0.4, 0.5) is 0 Å². The number of aromatic hydroxyl groups is 3. The molecule has 0 fully saturated rings. The topological polar surface area (TPSA) is 109 Å². The van der Waals surface area contributed by atoms with Crippen LogP contribution in [0.5, 0.6) is 28.7 Å². The molecule has 1 aromatic heterocycles. The Morgan fingerprint density at radius 2 is 1.75 bits per heavy atom. The van der Waals surface area contributed by atoms with Gasteiger partial charge in [0.05, 0.1) is 19.8 Å². The molecule has 124 valence electrons. The number of fused-ring (bicyclic) bond motifs is 1. The summed E-state index contributed by atoms with van der Waals surface area (Å²) in [5, 5.41) is 29.7. The van der Waals surface area contributed by atoms with E-state index >= 15 is 0 Å². The lowest BCUT2D eigenvalue weighted by Gasteiger charge is -2.12. The van der Waals surface area contributed by atoms with Gasteiger partial charge in [-0.1, -0.05) is 0 Å². The molecule has 0 unspecified atom stereocenters. The molecule has 0 saturated carbocycles. The lowest BCUT2D eigenvalue weighted by molar-refractivity contribution is 0.334. The van der Waals surface area contributed by atoms with Crippen molar-refractivity contribution in [2.24, 2.45) is 0 Å². The van der Waals surface area contributed by atoms with Gasteiger partial charge in [-0.2, -0.15) is 0 Å². The van der Waals surface area contributed by atoms with Gasteiger partial charge in [0.1, 0.15) is 28.2 Å². The Balaban J connectivity index is 2.35. The van der Waals surface area contributed by atoms with Crippen LogP contribution in [0.3, 0.4) is 0 Å². The van der Waals surface area contributed by atoms with Gasteiger partial charge in [0, 0.05) is 12.1 Å². The normalized spacial score (nSPS) is 10.8. The Bertz CT molecular complexity index is 988. The van der Waals surface area contributed by atoms with E-state index in [4.69, 9.17) is 13.9 Å². The SMILES string of the molecule is COc1cc2oc(-c3cc(O)ccc3O)cc(=O)c2c(O)c1OC. The summed E-state index contributed by atoms with van der Waals surface area (Å²) in [5.41, 5.74) is -0.342. The molecule has 0 radical (unpaired) electrons. The molecule has 3 aromatic rings. The summed E-state index contributed by atoms with van der Waals surface area (Å²) >= 11 is 0. The van der Waals surface area contributed by atoms with Crippen molar-refractivity contribution in [1.29, 1.82) is 0 Å². The monoisotopic (exact) mass is 330 g/mol. The Morgan fingerprint density at radius 3 is 2.42 bits per heavy atom. The van der Waals surface area contributed by atoms with E-state index in [0.717, 1.165) is 6.07 Å². The van der Waals surface area contributed by atoms with Crippen LogP contribution in [-0.2, 0) is 0 Å². The predicted molar refractivity (Wildman–Crippen MR) is 86.0 cm³/mol. The summed E-state index contributed by atoms with van der Waals surface area (Å²) in [5.74, 6) is -0.423. The summed E-state index contributed by atoms with van der Waals surface area (Å²) in [6, 6.07) is 6.36. The van der Waals surface area contributed by atoms with E-state index in [-0.39, 0.29) is 45.3 Å².